The average Bonchev–Trinajstić information content (AvgIpc) is 2.27. The maximum Gasteiger partial charge on any atom is 0.0649 e. The van der Waals surface area contributed by atoms with Gasteiger partial charge in [0.2, 0.25) is 0 Å². The molecule has 0 rings (SSSR count). The van der Waals surface area contributed by atoms with E-state index in [9.17, 15) is 0 Å². The quantitative estimate of drug-likeness (QED) is 0.619. The van der Waals surface area contributed by atoms with Crippen LogP contribution in [0.1, 0.15) is 40.5 Å². The van der Waals surface area contributed by atoms with Gasteiger partial charge < -0.3 is 9.47 Å². The van der Waals surface area contributed by atoms with Gasteiger partial charge in [0.25, 0.3) is 0 Å². The Morgan fingerprint density at radius 1 is 0.933 bits per heavy atom. The molecule has 0 spiro atoms. The van der Waals surface area contributed by atoms with Crippen molar-refractivity contribution in [1.29, 1.82) is 0 Å². The molecular formula is C13H28O2. The summed E-state index contributed by atoms with van der Waals surface area (Å²) in [5, 5.41) is 0. The number of rotatable bonds is 8. The Morgan fingerprint density at radius 3 is 1.80 bits per heavy atom. The summed E-state index contributed by atoms with van der Waals surface area (Å²) in [4.78, 5) is 0. The third-order valence-electron chi connectivity index (χ3n) is 3.63. The first-order valence-electron chi connectivity index (χ1n) is 6.13. The van der Waals surface area contributed by atoms with E-state index in [0.29, 0.717) is 23.9 Å². The normalized spacial score (nSPS) is 19.6. The molecule has 0 heterocycles. The van der Waals surface area contributed by atoms with Gasteiger partial charge in [0, 0.05) is 20.1 Å². The summed E-state index contributed by atoms with van der Waals surface area (Å²) in [7, 11) is 3.60. The SMILES string of the molecule is CCC(C)C(COC)C(OC)C(C)CC. The molecule has 15 heavy (non-hydrogen) atoms. The predicted octanol–water partition coefficient (Wildman–Crippen LogP) is 3.36. The van der Waals surface area contributed by atoms with Gasteiger partial charge in [-0.25, -0.2) is 0 Å². The van der Waals surface area contributed by atoms with Crippen LogP contribution in [0.3, 0.4) is 0 Å². The van der Waals surface area contributed by atoms with Crippen LogP contribution in [0.15, 0.2) is 0 Å². The van der Waals surface area contributed by atoms with Gasteiger partial charge >= 0.3 is 0 Å². The summed E-state index contributed by atoms with van der Waals surface area (Å²) in [6.07, 6.45) is 2.67. The molecule has 4 unspecified atom stereocenters. The highest BCUT2D eigenvalue weighted by molar-refractivity contribution is 4.78. The molecule has 0 aromatic rings. The maximum absolute atomic E-state index is 5.66. The second-order valence-corrected chi connectivity index (χ2v) is 4.59. The third-order valence-corrected chi connectivity index (χ3v) is 3.63. The molecule has 92 valence electrons. The van der Waals surface area contributed by atoms with Crippen LogP contribution in [-0.2, 0) is 9.47 Å². The highest BCUT2D eigenvalue weighted by Crippen LogP contribution is 2.27. The first kappa shape index (κ1) is 14.9. The predicted molar refractivity (Wildman–Crippen MR) is 65.1 cm³/mol. The zero-order valence-electron chi connectivity index (χ0n) is 11.2. The van der Waals surface area contributed by atoms with Gasteiger partial charge in [0.1, 0.15) is 0 Å². The highest BCUT2D eigenvalue weighted by Gasteiger charge is 2.29. The lowest BCUT2D eigenvalue weighted by Crippen LogP contribution is -2.36. The standard InChI is InChI=1S/C13H28O2/c1-7-10(3)12(9-14-5)13(15-6)11(4)8-2/h10-13H,7-9H2,1-6H3. The lowest BCUT2D eigenvalue weighted by Gasteiger charge is -2.33. The van der Waals surface area contributed by atoms with Gasteiger partial charge in [-0.15, -0.1) is 0 Å². The van der Waals surface area contributed by atoms with Crippen molar-refractivity contribution < 1.29 is 9.47 Å². The van der Waals surface area contributed by atoms with Crippen molar-refractivity contribution >= 4 is 0 Å². The Labute approximate surface area is 95.3 Å². The van der Waals surface area contributed by atoms with E-state index in [1.807, 2.05) is 7.11 Å². The Bertz CT molecular complexity index is 147. The molecule has 0 aromatic heterocycles. The minimum Gasteiger partial charge on any atom is -0.384 e. The first-order valence-corrected chi connectivity index (χ1v) is 6.13. The molecule has 0 N–H and O–H groups in total. The molecule has 2 nitrogen and oxygen atoms in total. The van der Waals surface area contributed by atoms with Crippen LogP contribution in [0.5, 0.6) is 0 Å². The molecule has 0 fully saturated rings. The topological polar surface area (TPSA) is 18.5 Å². The van der Waals surface area contributed by atoms with E-state index in [1.165, 1.54) is 6.42 Å². The van der Waals surface area contributed by atoms with Gasteiger partial charge in [0.05, 0.1) is 12.7 Å². The summed E-state index contributed by atoms with van der Waals surface area (Å²) >= 11 is 0. The van der Waals surface area contributed by atoms with Crippen LogP contribution >= 0.6 is 0 Å². The van der Waals surface area contributed by atoms with Gasteiger partial charge in [0.15, 0.2) is 0 Å². The van der Waals surface area contributed by atoms with Crippen LogP contribution in [0.2, 0.25) is 0 Å². The number of ether oxygens (including phenoxy) is 2. The Balaban J connectivity index is 4.53. The van der Waals surface area contributed by atoms with Crippen molar-refractivity contribution in [2.24, 2.45) is 17.8 Å². The van der Waals surface area contributed by atoms with E-state index in [2.05, 4.69) is 27.7 Å². The maximum atomic E-state index is 5.66. The molecule has 0 aliphatic carbocycles. The lowest BCUT2D eigenvalue weighted by molar-refractivity contribution is -0.0386. The average molecular weight is 216 g/mol. The van der Waals surface area contributed by atoms with Gasteiger partial charge in [-0.2, -0.15) is 0 Å². The number of hydrogen-bond donors (Lipinski definition) is 0. The smallest absolute Gasteiger partial charge is 0.0649 e. The van der Waals surface area contributed by atoms with Crippen molar-refractivity contribution in [3.05, 3.63) is 0 Å². The molecule has 0 amide bonds. The van der Waals surface area contributed by atoms with E-state index in [0.717, 1.165) is 13.0 Å². The summed E-state index contributed by atoms with van der Waals surface area (Å²) < 4.78 is 11.0. The fourth-order valence-corrected chi connectivity index (χ4v) is 2.14. The van der Waals surface area contributed by atoms with Crippen LogP contribution < -0.4 is 0 Å². The summed E-state index contributed by atoms with van der Waals surface area (Å²) in [5.74, 6) is 1.77. The van der Waals surface area contributed by atoms with E-state index in [-0.39, 0.29) is 0 Å². The monoisotopic (exact) mass is 216 g/mol. The molecule has 0 aromatic carbocycles. The lowest BCUT2D eigenvalue weighted by atomic mass is 9.81. The third kappa shape index (κ3) is 4.52. The van der Waals surface area contributed by atoms with E-state index in [4.69, 9.17) is 9.47 Å². The Kier molecular flexibility index (Phi) is 8.07. The summed E-state index contributed by atoms with van der Waals surface area (Å²) in [5.41, 5.74) is 0. The largest absolute Gasteiger partial charge is 0.384 e. The molecule has 0 bridgehead atoms. The summed E-state index contributed by atoms with van der Waals surface area (Å²) in [6, 6.07) is 0. The molecule has 0 aliphatic heterocycles. The van der Waals surface area contributed by atoms with Crippen LogP contribution in [-0.4, -0.2) is 26.9 Å². The van der Waals surface area contributed by atoms with Crippen molar-refractivity contribution in [3.63, 3.8) is 0 Å². The van der Waals surface area contributed by atoms with E-state index >= 15 is 0 Å². The van der Waals surface area contributed by atoms with Gasteiger partial charge in [-0.1, -0.05) is 40.5 Å². The van der Waals surface area contributed by atoms with Crippen molar-refractivity contribution in [2.75, 3.05) is 20.8 Å². The van der Waals surface area contributed by atoms with Crippen molar-refractivity contribution in [3.8, 4) is 0 Å². The summed E-state index contributed by atoms with van der Waals surface area (Å²) in [6.45, 7) is 9.81. The fourth-order valence-electron chi connectivity index (χ4n) is 2.14. The van der Waals surface area contributed by atoms with Crippen LogP contribution in [0, 0.1) is 17.8 Å². The zero-order chi connectivity index (χ0) is 11.8. The highest BCUT2D eigenvalue weighted by atomic mass is 16.5. The zero-order valence-corrected chi connectivity index (χ0v) is 11.2. The van der Waals surface area contributed by atoms with E-state index in [1.54, 1.807) is 7.11 Å². The minimum atomic E-state index is 0.324. The second kappa shape index (κ2) is 8.12. The van der Waals surface area contributed by atoms with Crippen molar-refractivity contribution in [1.82, 2.24) is 0 Å². The molecule has 0 saturated heterocycles. The molecule has 0 saturated carbocycles. The first-order chi connectivity index (χ1) is 7.12. The molecule has 0 radical (unpaired) electrons. The van der Waals surface area contributed by atoms with Crippen LogP contribution in [0.25, 0.3) is 0 Å². The van der Waals surface area contributed by atoms with E-state index < -0.39 is 0 Å². The molecule has 2 heteroatoms. The Hall–Kier alpha value is -0.0800. The second-order valence-electron chi connectivity index (χ2n) is 4.59. The molecule has 4 atom stereocenters. The van der Waals surface area contributed by atoms with Crippen molar-refractivity contribution in [2.45, 2.75) is 46.6 Å². The Morgan fingerprint density at radius 2 is 1.47 bits per heavy atom. The minimum absolute atomic E-state index is 0.324. The fraction of sp³-hybridized carbons (Fsp3) is 1.00. The molecule has 0 aliphatic rings. The van der Waals surface area contributed by atoms with Gasteiger partial charge in [-0.3, -0.25) is 0 Å². The number of methoxy groups -OCH3 is 2. The number of hydrogen-bond acceptors (Lipinski definition) is 2. The molecular weight excluding hydrogens is 188 g/mol. The van der Waals surface area contributed by atoms with Crippen LogP contribution in [0.4, 0.5) is 0 Å². The van der Waals surface area contributed by atoms with Gasteiger partial charge in [-0.05, 0) is 11.8 Å².